The molecular weight excluding hydrogens is 373 g/mol. The molecule has 0 aromatic heterocycles. The van der Waals surface area contributed by atoms with Gasteiger partial charge in [-0.25, -0.2) is 9.18 Å². The van der Waals surface area contributed by atoms with E-state index in [9.17, 15) is 14.0 Å². The molecule has 3 aliphatic heterocycles. The van der Waals surface area contributed by atoms with E-state index in [4.69, 9.17) is 4.74 Å². The minimum Gasteiger partial charge on any atom is -0.450 e. The Labute approximate surface area is 170 Å². The smallest absolute Gasteiger partial charge is 0.335 e. The lowest BCUT2D eigenvalue weighted by atomic mass is 9.83. The molecule has 3 aliphatic rings. The van der Waals surface area contributed by atoms with Crippen molar-refractivity contribution in [3.8, 4) is 0 Å². The van der Waals surface area contributed by atoms with Crippen molar-refractivity contribution in [2.45, 2.75) is 31.8 Å². The number of piperidine rings is 1. The van der Waals surface area contributed by atoms with Crippen molar-refractivity contribution in [3.05, 3.63) is 46.8 Å². The van der Waals surface area contributed by atoms with E-state index in [1.54, 1.807) is 6.92 Å². The third-order valence-corrected chi connectivity index (χ3v) is 6.34. The monoisotopic (exact) mass is 401 g/mol. The number of hydrogen-bond acceptors (Lipinski definition) is 5. The molecule has 2 fully saturated rings. The first-order chi connectivity index (χ1) is 14.0. The van der Waals surface area contributed by atoms with Crippen molar-refractivity contribution in [1.82, 2.24) is 15.1 Å². The summed E-state index contributed by atoms with van der Waals surface area (Å²) < 4.78 is 18.7. The van der Waals surface area contributed by atoms with E-state index in [0.29, 0.717) is 37.1 Å². The molecule has 6 nitrogen and oxygen atoms in total. The molecule has 1 N–H and O–H groups in total. The summed E-state index contributed by atoms with van der Waals surface area (Å²) in [4.78, 5) is 29.7. The van der Waals surface area contributed by atoms with Gasteiger partial charge in [-0.2, -0.15) is 0 Å². The van der Waals surface area contributed by atoms with Crippen LogP contribution in [-0.2, 0) is 20.7 Å². The summed E-state index contributed by atoms with van der Waals surface area (Å²) in [6.07, 6.45) is 2.15. The zero-order valence-corrected chi connectivity index (χ0v) is 16.9. The van der Waals surface area contributed by atoms with Crippen LogP contribution in [0.4, 0.5) is 4.39 Å². The summed E-state index contributed by atoms with van der Waals surface area (Å²) in [6.45, 7) is 6.95. The van der Waals surface area contributed by atoms with E-state index < -0.39 is 5.60 Å². The third-order valence-electron chi connectivity index (χ3n) is 6.34. The van der Waals surface area contributed by atoms with Gasteiger partial charge in [-0.05, 0) is 44.1 Å². The minimum absolute atomic E-state index is 0.0477. The summed E-state index contributed by atoms with van der Waals surface area (Å²) in [5.41, 5.74) is 1.41. The van der Waals surface area contributed by atoms with Crippen LogP contribution < -0.4 is 5.32 Å². The zero-order valence-electron chi connectivity index (χ0n) is 16.9. The quantitative estimate of drug-likeness (QED) is 0.775. The molecule has 156 valence electrons. The molecule has 4 rings (SSSR count). The number of hydrogen-bond donors (Lipinski definition) is 1. The first kappa shape index (κ1) is 20.0. The number of carbonyl (C=O) groups excluding carboxylic acids is 2. The summed E-state index contributed by atoms with van der Waals surface area (Å²) >= 11 is 0. The van der Waals surface area contributed by atoms with Crippen LogP contribution in [0.25, 0.3) is 0 Å². The lowest BCUT2D eigenvalue weighted by molar-refractivity contribution is -0.149. The first-order valence-corrected chi connectivity index (χ1v) is 10.4. The fourth-order valence-corrected chi connectivity index (χ4v) is 4.56. The molecule has 0 radical (unpaired) electrons. The van der Waals surface area contributed by atoms with Gasteiger partial charge in [0.25, 0.3) is 5.91 Å². The second-order valence-electron chi connectivity index (χ2n) is 8.14. The number of nitrogens with zero attached hydrogens (tertiary/aromatic N) is 2. The maximum absolute atomic E-state index is 13.3. The Kier molecular flexibility index (Phi) is 5.69. The molecule has 1 aromatic carbocycles. The molecule has 1 aromatic rings. The molecule has 1 spiro atoms. The van der Waals surface area contributed by atoms with Gasteiger partial charge in [0.05, 0.1) is 5.57 Å². The Balaban J connectivity index is 1.36. The number of ether oxygens (including phenoxy) is 1. The maximum Gasteiger partial charge on any atom is 0.335 e. The van der Waals surface area contributed by atoms with Crippen LogP contribution in [0.5, 0.6) is 0 Å². The van der Waals surface area contributed by atoms with Crippen molar-refractivity contribution < 1.29 is 18.7 Å². The van der Waals surface area contributed by atoms with Gasteiger partial charge >= 0.3 is 5.97 Å². The van der Waals surface area contributed by atoms with Crippen LogP contribution >= 0.6 is 0 Å². The lowest BCUT2D eigenvalue weighted by Gasteiger charge is -2.39. The maximum atomic E-state index is 13.3. The predicted octanol–water partition coefficient (Wildman–Crippen LogP) is 1.51. The normalized spacial score (nSPS) is 22.3. The van der Waals surface area contributed by atoms with E-state index in [2.05, 4.69) is 10.2 Å². The molecule has 2 saturated heterocycles. The number of nitrogens with one attached hydrogen (secondary N) is 1. The number of carbonyl (C=O) groups is 2. The van der Waals surface area contributed by atoms with Gasteiger partial charge in [-0.1, -0.05) is 12.1 Å². The highest BCUT2D eigenvalue weighted by molar-refractivity contribution is 6.07. The van der Waals surface area contributed by atoms with Crippen molar-refractivity contribution >= 4 is 11.9 Å². The van der Waals surface area contributed by atoms with Gasteiger partial charge in [-0.15, -0.1) is 0 Å². The number of amides is 1. The Hall–Kier alpha value is -2.25. The zero-order chi connectivity index (χ0) is 20.4. The molecule has 1 amide bonds. The molecule has 7 heteroatoms. The highest BCUT2D eigenvalue weighted by atomic mass is 19.1. The highest BCUT2D eigenvalue weighted by Gasteiger charge is 2.50. The predicted molar refractivity (Wildman–Crippen MR) is 107 cm³/mol. The van der Waals surface area contributed by atoms with Crippen molar-refractivity contribution in [2.75, 3.05) is 45.8 Å². The van der Waals surface area contributed by atoms with E-state index in [1.165, 1.54) is 12.1 Å². The minimum atomic E-state index is -0.747. The Bertz CT molecular complexity index is 807. The van der Waals surface area contributed by atoms with Crippen molar-refractivity contribution in [2.24, 2.45) is 0 Å². The molecule has 29 heavy (non-hydrogen) atoms. The summed E-state index contributed by atoms with van der Waals surface area (Å²) in [6, 6.07) is 6.62. The second kappa shape index (κ2) is 8.24. The fraction of sp³-hybridized carbons (Fsp3) is 0.545. The molecule has 0 atom stereocenters. The first-order valence-electron chi connectivity index (χ1n) is 10.4. The van der Waals surface area contributed by atoms with Crippen molar-refractivity contribution in [1.29, 1.82) is 0 Å². The van der Waals surface area contributed by atoms with Crippen LogP contribution in [0, 0.1) is 5.82 Å². The summed E-state index contributed by atoms with van der Waals surface area (Å²) in [5, 5.41) is 3.27. The van der Waals surface area contributed by atoms with E-state index in [-0.39, 0.29) is 17.7 Å². The van der Waals surface area contributed by atoms with Crippen molar-refractivity contribution in [3.63, 3.8) is 0 Å². The fourth-order valence-electron chi connectivity index (χ4n) is 4.56. The molecule has 0 saturated carbocycles. The number of esters is 1. The SMILES string of the molecule is CC1=C(C(=O)N2CCN(CCc3ccc(F)cc3)CC2)C2(CCNCC2)OC1=O. The van der Waals surface area contributed by atoms with Gasteiger partial charge in [0.2, 0.25) is 0 Å². The third kappa shape index (κ3) is 4.07. The van der Waals surface area contributed by atoms with Gasteiger partial charge in [-0.3, -0.25) is 9.69 Å². The summed E-state index contributed by atoms with van der Waals surface area (Å²) in [7, 11) is 0. The Morgan fingerprint density at radius 2 is 1.79 bits per heavy atom. The lowest BCUT2D eigenvalue weighted by Crippen LogP contribution is -2.53. The van der Waals surface area contributed by atoms with E-state index in [0.717, 1.165) is 44.7 Å². The number of benzene rings is 1. The van der Waals surface area contributed by atoms with Gasteiger partial charge in [0.1, 0.15) is 11.4 Å². The molecule has 3 heterocycles. The van der Waals surface area contributed by atoms with Gasteiger partial charge < -0.3 is 15.0 Å². The average Bonchev–Trinajstić information content (AvgIpc) is 2.97. The molecule has 0 unspecified atom stereocenters. The number of piperazine rings is 1. The Morgan fingerprint density at radius 1 is 1.14 bits per heavy atom. The number of rotatable bonds is 4. The van der Waals surface area contributed by atoms with Crippen LogP contribution in [0.2, 0.25) is 0 Å². The summed E-state index contributed by atoms with van der Waals surface area (Å²) in [5.74, 6) is -0.618. The molecule has 0 bridgehead atoms. The molecular formula is C22H28FN3O3. The second-order valence-corrected chi connectivity index (χ2v) is 8.14. The standard InChI is InChI=1S/C22H28FN3O3/c1-16-19(22(29-21(16)28)7-9-24-10-8-22)20(27)26-14-12-25(13-15-26)11-6-17-2-4-18(23)5-3-17/h2-5,24H,6-15H2,1H3. The Morgan fingerprint density at radius 3 is 2.45 bits per heavy atom. The number of halogens is 1. The molecule has 0 aliphatic carbocycles. The van der Waals surface area contributed by atoms with E-state index in [1.807, 2.05) is 17.0 Å². The van der Waals surface area contributed by atoms with E-state index >= 15 is 0 Å². The average molecular weight is 401 g/mol. The van der Waals surface area contributed by atoms with Crippen LogP contribution in [0.15, 0.2) is 35.4 Å². The van der Waals surface area contributed by atoms with Gasteiger partial charge in [0, 0.05) is 51.1 Å². The highest BCUT2D eigenvalue weighted by Crippen LogP contribution is 2.40. The van der Waals surface area contributed by atoms with Crippen LogP contribution in [0.3, 0.4) is 0 Å². The van der Waals surface area contributed by atoms with Gasteiger partial charge in [0.15, 0.2) is 0 Å². The largest absolute Gasteiger partial charge is 0.450 e. The van der Waals surface area contributed by atoms with Crippen LogP contribution in [-0.4, -0.2) is 73.1 Å². The van der Waals surface area contributed by atoms with Crippen LogP contribution in [0.1, 0.15) is 25.3 Å². The topological polar surface area (TPSA) is 61.9 Å².